The molecule has 0 heterocycles. The second-order valence-electron chi connectivity index (χ2n) is 21.0. The Morgan fingerprint density at radius 1 is 0.507 bits per heavy atom. The summed E-state index contributed by atoms with van der Waals surface area (Å²) in [7, 11) is 1.58. The van der Waals surface area contributed by atoms with Gasteiger partial charge in [0.15, 0.2) is 0 Å². The number of hydrogen-bond acceptors (Lipinski definition) is 5. The molecule has 0 bridgehead atoms. The predicted molar refractivity (Wildman–Crippen MR) is 291 cm³/mol. The topological polar surface area (TPSA) is 105 Å². The van der Waals surface area contributed by atoms with Gasteiger partial charge in [0.1, 0.15) is 13.2 Å². The molecule has 3 atom stereocenters. The van der Waals surface area contributed by atoms with Crippen LogP contribution in [0.15, 0.2) is 36.5 Å². The minimum atomic E-state index is -4.34. The number of amides is 1. The Morgan fingerprint density at radius 3 is 1.22 bits per heavy atom. The SMILES string of the molecule is CCCCCCC/C=C\C/C=C\CCCCCCCCCCCCCCCCCCCCCCCC(=O)NC(COP(=O)(O)OCC[N+](C)(C)C)C(O)/C=C/CCCCCCCCCCCC. The second-order valence-corrected chi connectivity index (χ2v) is 22.5. The molecule has 9 heteroatoms. The molecule has 0 rings (SSSR count). The van der Waals surface area contributed by atoms with Crippen molar-refractivity contribution in [1.29, 1.82) is 0 Å². The lowest BCUT2D eigenvalue weighted by molar-refractivity contribution is -0.870. The van der Waals surface area contributed by atoms with Crippen LogP contribution in [0, 0.1) is 0 Å². The summed E-state index contributed by atoms with van der Waals surface area (Å²) < 4.78 is 23.6. The fraction of sp³-hybridized carbons (Fsp3) is 0.879. The molecule has 0 aliphatic rings. The van der Waals surface area contributed by atoms with E-state index in [2.05, 4.69) is 43.5 Å². The van der Waals surface area contributed by atoms with Crippen molar-refractivity contribution in [3.63, 3.8) is 0 Å². The third kappa shape index (κ3) is 52.4. The summed E-state index contributed by atoms with van der Waals surface area (Å²) in [6.45, 7) is 4.82. The number of aliphatic hydroxyl groups excluding tert-OH is 1. The number of rotatable bonds is 53. The lowest BCUT2D eigenvalue weighted by Crippen LogP contribution is -2.45. The van der Waals surface area contributed by atoms with Crippen LogP contribution in [-0.2, 0) is 18.4 Å². The fourth-order valence-electron chi connectivity index (χ4n) is 8.54. The highest BCUT2D eigenvalue weighted by Gasteiger charge is 2.27. The van der Waals surface area contributed by atoms with Crippen molar-refractivity contribution in [3.05, 3.63) is 36.5 Å². The van der Waals surface area contributed by atoms with Crippen LogP contribution in [0.2, 0.25) is 0 Å². The van der Waals surface area contributed by atoms with Crippen LogP contribution >= 0.6 is 7.82 Å². The maximum absolute atomic E-state index is 12.9. The van der Waals surface area contributed by atoms with Gasteiger partial charge in [0, 0.05) is 6.42 Å². The number of phosphoric acid groups is 1. The van der Waals surface area contributed by atoms with Gasteiger partial charge in [0.05, 0.1) is 39.9 Å². The third-order valence-electron chi connectivity index (χ3n) is 13.1. The molecule has 0 aliphatic heterocycles. The fourth-order valence-corrected chi connectivity index (χ4v) is 9.28. The van der Waals surface area contributed by atoms with E-state index in [9.17, 15) is 19.4 Å². The van der Waals surface area contributed by atoms with Crippen LogP contribution in [-0.4, -0.2) is 73.4 Å². The number of phosphoric ester groups is 1. The zero-order chi connectivity index (χ0) is 49.2. The first kappa shape index (κ1) is 65.7. The summed E-state index contributed by atoms with van der Waals surface area (Å²) in [6, 6.07) is -0.843. The minimum absolute atomic E-state index is 0.0631. The molecule has 3 unspecified atom stereocenters. The van der Waals surface area contributed by atoms with Crippen LogP contribution in [0.1, 0.15) is 277 Å². The van der Waals surface area contributed by atoms with Gasteiger partial charge in [-0.05, 0) is 51.4 Å². The van der Waals surface area contributed by atoms with Crippen molar-refractivity contribution in [1.82, 2.24) is 5.32 Å². The summed E-state index contributed by atoms with van der Waals surface area (Å²) in [4.78, 5) is 23.2. The molecule has 396 valence electrons. The van der Waals surface area contributed by atoms with Crippen LogP contribution in [0.4, 0.5) is 0 Å². The summed E-state index contributed by atoms with van der Waals surface area (Å²) in [6.07, 6.45) is 64.0. The van der Waals surface area contributed by atoms with E-state index in [-0.39, 0.29) is 19.1 Å². The molecule has 67 heavy (non-hydrogen) atoms. The lowest BCUT2D eigenvalue weighted by atomic mass is 10.0. The van der Waals surface area contributed by atoms with Gasteiger partial charge < -0.3 is 19.8 Å². The van der Waals surface area contributed by atoms with Gasteiger partial charge in [0.25, 0.3) is 0 Å². The second kappa shape index (κ2) is 49.7. The number of nitrogens with zero attached hydrogens (tertiary/aromatic N) is 1. The number of carbonyl (C=O) groups is 1. The van der Waals surface area contributed by atoms with Gasteiger partial charge >= 0.3 is 7.82 Å². The first-order chi connectivity index (χ1) is 32.5. The monoisotopic (exact) mass is 966 g/mol. The van der Waals surface area contributed by atoms with Gasteiger partial charge in [-0.1, -0.05) is 256 Å². The summed E-state index contributed by atoms with van der Waals surface area (Å²) in [5.41, 5.74) is 0. The maximum atomic E-state index is 12.9. The molecule has 3 N–H and O–H groups in total. The van der Waals surface area contributed by atoms with Gasteiger partial charge in [-0.15, -0.1) is 0 Å². The molecule has 0 aliphatic carbocycles. The van der Waals surface area contributed by atoms with Crippen LogP contribution < -0.4 is 5.32 Å². The summed E-state index contributed by atoms with van der Waals surface area (Å²) >= 11 is 0. The molecule has 0 aromatic heterocycles. The predicted octanol–water partition coefficient (Wildman–Crippen LogP) is 17.4. The number of allylic oxidation sites excluding steroid dienone is 5. The number of aliphatic hydroxyl groups is 1. The van der Waals surface area contributed by atoms with Gasteiger partial charge in [0.2, 0.25) is 5.91 Å². The average molecular weight is 967 g/mol. The average Bonchev–Trinajstić information content (AvgIpc) is 3.29. The number of likely N-dealkylation sites (N-methyl/N-ethyl adjacent to an activating group) is 1. The van der Waals surface area contributed by atoms with E-state index in [4.69, 9.17) is 9.05 Å². The highest BCUT2D eigenvalue weighted by molar-refractivity contribution is 7.47. The first-order valence-electron chi connectivity index (χ1n) is 28.9. The van der Waals surface area contributed by atoms with E-state index in [1.54, 1.807) is 6.08 Å². The third-order valence-corrected chi connectivity index (χ3v) is 14.1. The number of nitrogens with one attached hydrogen (secondary N) is 1. The van der Waals surface area contributed by atoms with E-state index in [0.717, 1.165) is 44.9 Å². The molecule has 1 amide bonds. The Balaban J connectivity index is 3.97. The Hall–Kier alpha value is -1.28. The largest absolute Gasteiger partial charge is 0.472 e. The summed E-state index contributed by atoms with van der Waals surface area (Å²) in [5, 5.41) is 13.9. The smallest absolute Gasteiger partial charge is 0.387 e. The molecule has 8 nitrogen and oxygen atoms in total. The molecule has 0 spiro atoms. The highest BCUT2D eigenvalue weighted by atomic mass is 31.2. The number of hydrogen-bond donors (Lipinski definition) is 3. The molecule has 0 fully saturated rings. The standard InChI is InChI=1S/C58H113N2O6P/c1-6-8-10-12-14-16-18-20-21-22-23-24-25-26-27-28-29-30-31-32-33-34-35-36-37-38-39-40-42-44-46-48-50-52-58(62)59-56(55-66-67(63,64)65-54-53-60(3,4)5)57(61)51-49-47-45-43-41-19-17-15-13-11-9-7-2/h18,20,22-23,49,51,56-57,61H,6-17,19,21,24-48,50,52-55H2,1-5H3,(H-,59,62,63,64)/p+1/b20-18-,23-22-,51-49+. The lowest BCUT2D eigenvalue weighted by Gasteiger charge is -2.25. The maximum Gasteiger partial charge on any atom is 0.472 e. The number of carbonyl (C=O) groups excluding carboxylic acids is 1. The van der Waals surface area contributed by atoms with Crippen LogP contribution in [0.3, 0.4) is 0 Å². The van der Waals surface area contributed by atoms with E-state index >= 15 is 0 Å². The Bertz CT molecular complexity index is 1190. The number of unbranched alkanes of at least 4 members (excludes halogenated alkanes) is 36. The zero-order valence-corrected chi connectivity index (χ0v) is 46.0. The molecular formula is C58H114N2O6P+. The molecule has 0 aromatic rings. The van der Waals surface area contributed by atoms with E-state index in [1.165, 1.54) is 212 Å². The van der Waals surface area contributed by atoms with Crippen molar-refractivity contribution in [3.8, 4) is 0 Å². The highest BCUT2D eigenvalue weighted by Crippen LogP contribution is 2.43. The van der Waals surface area contributed by atoms with Crippen LogP contribution in [0.5, 0.6) is 0 Å². The van der Waals surface area contributed by atoms with Crippen molar-refractivity contribution >= 4 is 13.7 Å². The van der Waals surface area contributed by atoms with Crippen LogP contribution in [0.25, 0.3) is 0 Å². The Labute approximate surface area is 417 Å². The normalized spacial score (nSPS) is 14.2. The van der Waals surface area contributed by atoms with E-state index < -0.39 is 20.0 Å². The van der Waals surface area contributed by atoms with Crippen molar-refractivity contribution < 1.29 is 32.9 Å². The minimum Gasteiger partial charge on any atom is -0.387 e. The van der Waals surface area contributed by atoms with Crippen molar-refractivity contribution in [2.45, 2.75) is 289 Å². The molecule has 0 aromatic carbocycles. The van der Waals surface area contributed by atoms with E-state index in [1.807, 2.05) is 27.2 Å². The van der Waals surface area contributed by atoms with E-state index in [0.29, 0.717) is 17.4 Å². The number of quaternary nitrogens is 1. The molecule has 0 radical (unpaired) electrons. The van der Waals surface area contributed by atoms with Gasteiger partial charge in [-0.25, -0.2) is 4.57 Å². The molecule has 0 saturated carbocycles. The van der Waals surface area contributed by atoms with Gasteiger partial charge in [-0.3, -0.25) is 13.8 Å². The van der Waals surface area contributed by atoms with Gasteiger partial charge in [-0.2, -0.15) is 0 Å². The summed E-state index contributed by atoms with van der Waals surface area (Å²) in [5.74, 6) is -0.174. The zero-order valence-electron chi connectivity index (χ0n) is 45.2. The molecular weight excluding hydrogens is 852 g/mol. The Kier molecular flexibility index (Phi) is 48.7. The quantitative estimate of drug-likeness (QED) is 0.0243. The first-order valence-corrected chi connectivity index (χ1v) is 30.4. The Morgan fingerprint density at radius 2 is 0.851 bits per heavy atom. The van der Waals surface area contributed by atoms with Crippen molar-refractivity contribution in [2.75, 3.05) is 40.9 Å². The van der Waals surface area contributed by atoms with Crippen molar-refractivity contribution in [2.24, 2.45) is 0 Å². The molecule has 0 saturated heterocycles.